The number of nitrogens with one attached hydrogen (secondary N) is 2. The van der Waals surface area contributed by atoms with Crippen LogP contribution in [0.2, 0.25) is 5.02 Å². The van der Waals surface area contributed by atoms with Crippen molar-refractivity contribution in [3.8, 4) is 0 Å². The van der Waals surface area contributed by atoms with E-state index in [4.69, 9.17) is 16.3 Å². The molecule has 2 amide bonds. The number of hydrogen-bond acceptors (Lipinski definition) is 5. The zero-order valence-corrected chi connectivity index (χ0v) is 18.3. The Balaban J connectivity index is 2.10. The van der Waals surface area contributed by atoms with Gasteiger partial charge in [-0.3, -0.25) is 0 Å². The lowest BCUT2D eigenvalue weighted by atomic mass is 9.95. The average Bonchev–Trinajstić information content (AvgIpc) is 2.70. The molecule has 164 valence electrons. The van der Waals surface area contributed by atoms with Crippen LogP contribution < -0.4 is 10.6 Å². The molecule has 0 saturated carbocycles. The first-order chi connectivity index (χ1) is 14.6. The number of amides is 2. The molecule has 1 aliphatic heterocycles. The quantitative estimate of drug-likeness (QED) is 0.501. The van der Waals surface area contributed by atoms with Crippen LogP contribution in [0.5, 0.6) is 0 Å². The summed E-state index contributed by atoms with van der Waals surface area (Å²) in [4.78, 5) is 24.9. The summed E-state index contributed by atoms with van der Waals surface area (Å²) in [7, 11) is -4.01. The maximum absolute atomic E-state index is 13.6. The van der Waals surface area contributed by atoms with E-state index in [1.54, 1.807) is 31.2 Å². The summed E-state index contributed by atoms with van der Waals surface area (Å²) in [6, 6.07) is 8.20. The second kappa shape index (κ2) is 9.07. The van der Waals surface area contributed by atoms with Crippen molar-refractivity contribution in [3.05, 3.63) is 75.7 Å². The van der Waals surface area contributed by atoms with Crippen molar-refractivity contribution in [3.63, 3.8) is 0 Å². The Hall–Kier alpha value is -2.91. The van der Waals surface area contributed by atoms with E-state index < -0.39 is 39.4 Å². The van der Waals surface area contributed by atoms with Crippen LogP contribution in [-0.4, -0.2) is 32.8 Å². The Morgan fingerprint density at radius 3 is 2.48 bits per heavy atom. The Kier molecular flexibility index (Phi) is 6.66. The van der Waals surface area contributed by atoms with E-state index in [9.17, 15) is 22.4 Å². The highest BCUT2D eigenvalue weighted by atomic mass is 35.5. The van der Waals surface area contributed by atoms with Crippen LogP contribution in [0.4, 0.5) is 9.18 Å². The molecule has 10 heteroatoms. The van der Waals surface area contributed by atoms with Gasteiger partial charge in [0.15, 0.2) is 9.84 Å². The number of esters is 1. The summed E-state index contributed by atoms with van der Waals surface area (Å²) < 4.78 is 44.7. The van der Waals surface area contributed by atoms with E-state index in [0.29, 0.717) is 10.6 Å². The van der Waals surface area contributed by atoms with E-state index in [1.165, 1.54) is 13.0 Å². The number of urea groups is 1. The minimum atomic E-state index is -4.01. The van der Waals surface area contributed by atoms with Gasteiger partial charge in [0.1, 0.15) is 5.82 Å². The van der Waals surface area contributed by atoms with Gasteiger partial charge in [-0.15, -0.1) is 0 Å². The van der Waals surface area contributed by atoms with Gasteiger partial charge in [-0.2, -0.15) is 0 Å². The van der Waals surface area contributed by atoms with Gasteiger partial charge in [-0.05, 0) is 55.3 Å². The fraction of sp³-hybridized carbons (Fsp3) is 0.238. The standard InChI is InChI=1S/C21H20ClFN2O5S/c1-3-30-20(26)18-17(11-31(28,29)15-8-9-16(23)12(2)10-15)24-21(27)25-19(18)13-4-6-14(22)7-5-13/h4-10,19H,3,11H2,1-2H3,(H2,24,25,27). The number of halogens is 2. The topological polar surface area (TPSA) is 102 Å². The fourth-order valence-corrected chi connectivity index (χ4v) is 4.70. The van der Waals surface area contributed by atoms with Crippen molar-refractivity contribution in [1.29, 1.82) is 0 Å². The molecule has 31 heavy (non-hydrogen) atoms. The first-order valence-electron chi connectivity index (χ1n) is 9.34. The average molecular weight is 467 g/mol. The summed E-state index contributed by atoms with van der Waals surface area (Å²) in [6.07, 6.45) is 0. The summed E-state index contributed by atoms with van der Waals surface area (Å²) in [5, 5.41) is 5.49. The van der Waals surface area contributed by atoms with Crippen molar-refractivity contribution < 1.29 is 27.1 Å². The van der Waals surface area contributed by atoms with Gasteiger partial charge in [-0.25, -0.2) is 22.4 Å². The number of rotatable bonds is 6. The molecule has 2 aromatic rings. The van der Waals surface area contributed by atoms with Gasteiger partial charge >= 0.3 is 12.0 Å². The second-order valence-corrected chi connectivity index (χ2v) is 9.29. The van der Waals surface area contributed by atoms with E-state index in [-0.39, 0.29) is 28.3 Å². The monoisotopic (exact) mass is 466 g/mol. The van der Waals surface area contributed by atoms with Crippen molar-refractivity contribution in [1.82, 2.24) is 10.6 Å². The molecule has 0 aliphatic carbocycles. The lowest BCUT2D eigenvalue weighted by Gasteiger charge is -2.29. The first-order valence-corrected chi connectivity index (χ1v) is 11.4. The van der Waals surface area contributed by atoms with Crippen LogP contribution in [0.25, 0.3) is 0 Å². The van der Waals surface area contributed by atoms with Gasteiger partial charge in [0.25, 0.3) is 0 Å². The van der Waals surface area contributed by atoms with E-state index in [1.807, 2.05) is 0 Å². The van der Waals surface area contributed by atoms with Crippen LogP contribution in [0.1, 0.15) is 24.1 Å². The normalized spacial score (nSPS) is 16.5. The van der Waals surface area contributed by atoms with Crippen LogP contribution in [0.3, 0.4) is 0 Å². The Morgan fingerprint density at radius 1 is 1.19 bits per heavy atom. The van der Waals surface area contributed by atoms with Crippen LogP contribution in [0.15, 0.2) is 58.6 Å². The third-order valence-corrected chi connectivity index (χ3v) is 6.57. The van der Waals surface area contributed by atoms with Crippen molar-refractivity contribution >= 4 is 33.4 Å². The molecule has 1 heterocycles. The van der Waals surface area contributed by atoms with Crippen LogP contribution in [-0.2, 0) is 19.4 Å². The number of benzene rings is 2. The Bertz CT molecular complexity index is 1160. The highest BCUT2D eigenvalue weighted by molar-refractivity contribution is 7.91. The highest BCUT2D eigenvalue weighted by Gasteiger charge is 2.35. The van der Waals surface area contributed by atoms with Gasteiger partial charge in [0.2, 0.25) is 0 Å². The maximum Gasteiger partial charge on any atom is 0.338 e. The van der Waals surface area contributed by atoms with Crippen molar-refractivity contribution in [2.45, 2.75) is 24.8 Å². The SMILES string of the molecule is CCOC(=O)C1=C(CS(=O)(=O)c2ccc(F)c(C)c2)NC(=O)NC1c1ccc(Cl)cc1. The summed E-state index contributed by atoms with van der Waals surface area (Å²) >= 11 is 5.93. The highest BCUT2D eigenvalue weighted by Crippen LogP contribution is 2.30. The van der Waals surface area contributed by atoms with Crippen molar-refractivity contribution in [2.75, 3.05) is 12.4 Å². The Morgan fingerprint density at radius 2 is 1.87 bits per heavy atom. The lowest BCUT2D eigenvalue weighted by molar-refractivity contribution is -0.139. The molecule has 0 radical (unpaired) electrons. The summed E-state index contributed by atoms with van der Waals surface area (Å²) in [5.74, 6) is -1.98. The van der Waals surface area contributed by atoms with E-state index >= 15 is 0 Å². The molecule has 3 rings (SSSR count). The number of sulfone groups is 1. The number of aryl methyl sites for hydroxylation is 1. The molecule has 1 aliphatic rings. The van der Waals surface area contributed by atoms with Gasteiger partial charge in [0, 0.05) is 10.7 Å². The lowest BCUT2D eigenvalue weighted by Crippen LogP contribution is -2.47. The predicted molar refractivity (Wildman–Crippen MR) is 113 cm³/mol. The van der Waals surface area contributed by atoms with Crippen LogP contribution in [0, 0.1) is 12.7 Å². The molecule has 1 unspecified atom stereocenters. The minimum absolute atomic E-state index is 0.0359. The van der Waals surface area contributed by atoms with E-state index in [0.717, 1.165) is 12.1 Å². The van der Waals surface area contributed by atoms with E-state index in [2.05, 4.69) is 10.6 Å². The fourth-order valence-electron chi connectivity index (χ4n) is 3.17. The first kappa shape index (κ1) is 22.8. The Labute approximate surface area is 184 Å². The number of ether oxygens (including phenoxy) is 1. The molecule has 7 nitrogen and oxygen atoms in total. The molecule has 0 fully saturated rings. The van der Waals surface area contributed by atoms with Crippen molar-refractivity contribution in [2.24, 2.45) is 0 Å². The second-order valence-electron chi connectivity index (χ2n) is 6.87. The molecular weight excluding hydrogens is 447 g/mol. The largest absolute Gasteiger partial charge is 0.463 e. The molecule has 0 bridgehead atoms. The zero-order valence-electron chi connectivity index (χ0n) is 16.7. The number of carbonyl (C=O) groups is 2. The van der Waals surface area contributed by atoms with Gasteiger partial charge in [-0.1, -0.05) is 23.7 Å². The van der Waals surface area contributed by atoms with Gasteiger partial charge < -0.3 is 15.4 Å². The van der Waals surface area contributed by atoms with Crippen LogP contribution >= 0.6 is 11.6 Å². The number of carbonyl (C=O) groups excluding carboxylic acids is 2. The molecule has 0 aromatic heterocycles. The molecule has 0 spiro atoms. The minimum Gasteiger partial charge on any atom is -0.463 e. The molecule has 0 saturated heterocycles. The maximum atomic E-state index is 13.6. The van der Waals surface area contributed by atoms with Gasteiger partial charge in [0.05, 0.1) is 28.9 Å². The summed E-state index contributed by atoms with van der Waals surface area (Å²) in [6.45, 7) is 3.11. The third kappa shape index (κ3) is 5.05. The molecule has 2 aromatic carbocycles. The third-order valence-electron chi connectivity index (χ3n) is 4.68. The predicted octanol–water partition coefficient (Wildman–Crippen LogP) is 3.43. The zero-order chi connectivity index (χ0) is 22.8. The molecule has 2 N–H and O–H groups in total. The molecular formula is C21H20ClFN2O5S. The number of hydrogen-bond donors (Lipinski definition) is 2. The smallest absolute Gasteiger partial charge is 0.338 e. The molecule has 1 atom stereocenters. The summed E-state index contributed by atoms with van der Waals surface area (Å²) in [5.41, 5.74) is 0.541.